The number of aromatic hydroxyl groups is 1. The molecule has 2 aromatic rings. The number of amides is 2. The second-order valence-corrected chi connectivity index (χ2v) is 10.9. The topological polar surface area (TPSA) is 101 Å². The summed E-state index contributed by atoms with van der Waals surface area (Å²) in [7, 11) is 1.51. The molecular weight excluding hydrogens is 550 g/mol. The lowest BCUT2D eigenvalue weighted by Gasteiger charge is -2.42. The monoisotopic (exact) mass is 573 g/mol. The Hall–Kier alpha value is -3.78. The number of imide groups is 1. The predicted octanol–water partition coefficient (Wildman–Crippen LogP) is 4.36. The summed E-state index contributed by atoms with van der Waals surface area (Å²) in [5, 5.41) is 10.9. The van der Waals surface area contributed by atoms with Gasteiger partial charge in [0.2, 0.25) is 11.8 Å². The fourth-order valence-corrected chi connectivity index (χ4v) is 6.89. The molecule has 0 aromatic heterocycles. The number of fused-ring (bicyclic) bond motifs is 3. The molecule has 38 heavy (non-hydrogen) atoms. The summed E-state index contributed by atoms with van der Waals surface area (Å²) in [5.74, 6) is -3.05. The van der Waals surface area contributed by atoms with Gasteiger partial charge in [0.15, 0.2) is 11.6 Å². The number of carbonyl (C=O) groups excluding carboxylic acids is 4. The smallest absolute Gasteiger partial charge is 0.234 e. The highest BCUT2D eigenvalue weighted by Gasteiger charge is 2.56. The molecule has 7 nitrogen and oxygen atoms in total. The number of ketones is 2. The number of allylic oxidation sites excluding steroid dienone is 6. The van der Waals surface area contributed by atoms with Crippen molar-refractivity contribution in [2.75, 3.05) is 7.11 Å². The van der Waals surface area contributed by atoms with Crippen molar-refractivity contribution in [3.63, 3.8) is 0 Å². The van der Waals surface area contributed by atoms with Gasteiger partial charge in [-0.2, -0.15) is 0 Å². The fraction of sp³-hybridized carbons (Fsp3) is 0.267. The number of likely N-dealkylation sites (tertiary alicyclic amines) is 1. The van der Waals surface area contributed by atoms with E-state index >= 15 is 0 Å². The number of halogens is 1. The van der Waals surface area contributed by atoms with Gasteiger partial charge in [-0.15, -0.1) is 0 Å². The molecule has 192 valence electrons. The minimum atomic E-state index is -0.737. The average Bonchev–Trinajstić information content (AvgIpc) is 3.16. The van der Waals surface area contributed by atoms with Crippen molar-refractivity contribution in [2.45, 2.75) is 25.3 Å². The van der Waals surface area contributed by atoms with Crippen molar-refractivity contribution in [1.82, 2.24) is 4.90 Å². The van der Waals surface area contributed by atoms with E-state index in [4.69, 9.17) is 4.74 Å². The number of rotatable bonds is 4. The molecule has 6 rings (SSSR count). The number of methoxy groups -OCH3 is 1. The van der Waals surface area contributed by atoms with Crippen LogP contribution in [0.5, 0.6) is 11.5 Å². The van der Waals surface area contributed by atoms with Crippen molar-refractivity contribution in [3.8, 4) is 11.5 Å². The molecule has 0 spiro atoms. The summed E-state index contributed by atoms with van der Waals surface area (Å²) >= 11 is 3.23. The van der Waals surface area contributed by atoms with Gasteiger partial charge in [-0.1, -0.05) is 42.0 Å². The lowest BCUT2D eigenvalue weighted by atomic mass is 9.59. The Morgan fingerprint density at radius 1 is 1.03 bits per heavy atom. The van der Waals surface area contributed by atoms with Gasteiger partial charge in [0.25, 0.3) is 0 Å². The first kappa shape index (κ1) is 24.6. The molecule has 0 radical (unpaired) electrons. The molecular formula is C30H24BrNO6. The number of carbonyl (C=O) groups is 4. The molecule has 1 fully saturated rings. The van der Waals surface area contributed by atoms with Gasteiger partial charge >= 0.3 is 0 Å². The number of benzene rings is 2. The van der Waals surface area contributed by atoms with Crippen molar-refractivity contribution in [2.24, 2.45) is 17.8 Å². The minimum absolute atomic E-state index is 0.0419. The maximum absolute atomic E-state index is 13.8. The highest BCUT2D eigenvalue weighted by atomic mass is 79.9. The van der Waals surface area contributed by atoms with E-state index in [2.05, 4.69) is 15.9 Å². The van der Waals surface area contributed by atoms with Crippen LogP contribution in [0.3, 0.4) is 0 Å². The van der Waals surface area contributed by atoms with Crippen molar-refractivity contribution in [3.05, 3.63) is 93.0 Å². The first-order valence-corrected chi connectivity index (χ1v) is 13.2. The molecule has 3 aliphatic carbocycles. The quantitative estimate of drug-likeness (QED) is 0.331. The largest absolute Gasteiger partial charge is 0.508 e. The molecule has 2 amide bonds. The van der Waals surface area contributed by atoms with E-state index in [-0.39, 0.29) is 46.6 Å². The molecule has 0 saturated carbocycles. The van der Waals surface area contributed by atoms with Crippen LogP contribution >= 0.6 is 15.9 Å². The normalized spacial score (nSPS) is 26.5. The van der Waals surface area contributed by atoms with E-state index in [1.54, 1.807) is 12.1 Å². The van der Waals surface area contributed by atoms with E-state index in [1.165, 1.54) is 24.2 Å². The van der Waals surface area contributed by atoms with Crippen LogP contribution in [0.1, 0.15) is 29.9 Å². The van der Waals surface area contributed by atoms with Crippen LogP contribution in [0.25, 0.3) is 0 Å². The molecule has 1 heterocycles. The number of nitrogens with zero attached hydrogens (tertiary/aromatic N) is 1. The van der Waals surface area contributed by atoms with Gasteiger partial charge < -0.3 is 9.84 Å². The summed E-state index contributed by atoms with van der Waals surface area (Å²) in [6, 6.07) is 14.1. The first-order valence-electron chi connectivity index (χ1n) is 12.5. The summed E-state index contributed by atoms with van der Waals surface area (Å²) in [6.07, 6.45) is 3.72. The lowest BCUT2D eigenvalue weighted by molar-refractivity contribution is -0.140. The Labute approximate surface area is 227 Å². The van der Waals surface area contributed by atoms with E-state index in [9.17, 15) is 24.3 Å². The number of Topliss-reactive ketones (excluding diaryl/α,β-unsaturated/α-hetero) is 1. The van der Waals surface area contributed by atoms with Crippen LogP contribution in [0.4, 0.5) is 0 Å². The number of ether oxygens (including phenoxy) is 1. The zero-order valence-corrected chi connectivity index (χ0v) is 22.1. The average molecular weight is 574 g/mol. The summed E-state index contributed by atoms with van der Waals surface area (Å²) < 4.78 is 5.55. The van der Waals surface area contributed by atoms with Crippen molar-refractivity contribution in [1.29, 1.82) is 0 Å². The second kappa shape index (κ2) is 9.20. The van der Waals surface area contributed by atoms with Crippen molar-refractivity contribution < 1.29 is 29.0 Å². The third kappa shape index (κ3) is 3.69. The van der Waals surface area contributed by atoms with Gasteiger partial charge in [-0.3, -0.25) is 24.1 Å². The van der Waals surface area contributed by atoms with E-state index in [1.807, 2.05) is 36.4 Å². The molecule has 1 N–H and O–H groups in total. The Bertz CT molecular complexity index is 1500. The van der Waals surface area contributed by atoms with Crippen LogP contribution in [0.15, 0.2) is 81.9 Å². The van der Waals surface area contributed by atoms with Crippen molar-refractivity contribution >= 4 is 39.3 Å². The van der Waals surface area contributed by atoms with Gasteiger partial charge in [0.05, 0.1) is 30.0 Å². The van der Waals surface area contributed by atoms with E-state index in [0.29, 0.717) is 28.9 Å². The molecule has 0 unspecified atom stereocenters. The number of phenolic OH excluding ortho intramolecular Hbond substituents is 1. The Morgan fingerprint density at radius 2 is 1.79 bits per heavy atom. The zero-order valence-electron chi connectivity index (χ0n) is 20.5. The second-order valence-electron chi connectivity index (χ2n) is 10.1. The molecule has 8 heteroatoms. The van der Waals surface area contributed by atoms with Gasteiger partial charge in [0, 0.05) is 28.7 Å². The highest BCUT2D eigenvalue weighted by Crippen LogP contribution is 2.56. The van der Waals surface area contributed by atoms with E-state index < -0.39 is 23.7 Å². The van der Waals surface area contributed by atoms with Crippen LogP contribution in [-0.2, 0) is 25.7 Å². The summed E-state index contributed by atoms with van der Waals surface area (Å²) in [6.45, 7) is 0.188. The minimum Gasteiger partial charge on any atom is -0.508 e. The first-order chi connectivity index (χ1) is 18.3. The molecule has 0 bridgehead atoms. The van der Waals surface area contributed by atoms with Crippen LogP contribution < -0.4 is 4.74 Å². The molecule has 2 aromatic carbocycles. The molecule has 1 saturated heterocycles. The van der Waals surface area contributed by atoms with Crippen LogP contribution in [-0.4, -0.2) is 40.5 Å². The fourth-order valence-electron chi connectivity index (χ4n) is 6.44. The van der Waals surface area contributed by atoms with Crippen LogP contribution in [0, 0.1) is 17.8 Å². The van der Waals surface area contributed by atoms with Gasteiger partial charge in [-0.05, 0) is 58.5 Å². The van der Waals surface area contributed by atoms with E-state index in [0.717, 1.165) is 11.1 Å². The molecule has 4 atom stereocenters. The Morgan fingerprint density at radius 3 is 2.53 bits per heavy atom. The standard InChI is InChI=1S/C30H24BrNO6/c1-38-16-7-10-23(33)20(11-16)25-17-8-9-18-26(19(17)12-21-27(25)24(34)13-22(31)28(21)35)30(37)32(29(18)36)14-15-5-3-2-4-6-15/h2-8,10-11,13,18-19,25-26,33H,9,12,14H2,1H3/t18-,19+,25+,26-/m0/s1. The third-order valence-corrected chi connectivity index (χ3v) is 8.74. The van der Waals surface area contributed by atoms with Crippen LogP contribution in [0.2, 0.25) is 0 Å². The van der Waals surface area contributed by atoms with Gasteiger partial charge in [0.1, 0.15) is 11.5 Å². The molecule has 4 aliphatic rings. The number of phenols is 1. The summed E-state index contributed by atoms with van der Waals surface area (Å²) in [5.41, 5.74) is 2.69. The predicted molar refractivity (Wildman–Crippen MR) is 141 cm³/mol. The summed E-state index contributed by atoms with van der Waals surface area (Å²) in [4.78, 5) is 55.2. The number of hydrogen-bond acceptors (Lipinski definition) is 6. The zero-order chi connectivity index (χ0) is 26.7. The maximum Gasteiger partial charge on any atom is 0.234 e. The number of hydrogen-bond donors (Lipinski definition) is 1. The Kier molecular flexibility index (Phi) is 5.94. The highest BCUT2D eigenvalue weighted by molar-refractivity contribution is 9.12. The maximum atomic E-state index is 13.8. The Balaban J connectivity index is 1.47. The SMILES string of the molecule is COc1ccc(O)c([C@H]2C3=CC[C@@H]4C(=O)N(Cc5ccccc5)C(=O)[C@@H]4[C@@H]3CC3=C2C(=O)C=C(Br)C3=O)c1. The third-order valence-electron chi connectivity index (χ3n) is 8.15. The lowest BCUT2D eigenvalue weighted by Crippen LogP contribution is -2.39. The van der Waals surface area contributed by atoms with Gasteiger partial charge in [-0.25, -0.2) is 0 Å². The molecule has 1 aliphatic heterocycles.